The molecule has 1 fully saturated rings. The molecule has 9 heteroatoms. The number of para-hydroxylation sites is 1. The lowest BCUT2D eigenvalue weighted by atomic mass is 10.1. The summed E-state index contributed by atoms with van der Waals surface area (Å²) in [5.41, 5.74) is 0.550. The second kappa shape index (κ2) is 8.47. The van der Waals surface area contributed by atoms with Crippen molar-refractivity contribution in [2.75, 3.05) is 49.6 Å². The van der Waals surface area contributed by atoms with Crippen LogP contribution in [-0.2, 0) is 0 Å². The number of benzene rings is 1. The van der Waals surface area contributed by atoms with Crippen molar-refractivity contribution < 1.29 is 14.3 Å². The number of hydrogen-bond donors (Lipinski definition) is 1. The Morgan fingerprint density at radius 1 is 0.903 bits per heavy atom. The number of nitrogens with one attached hydrogen (secondary N) is 1. The first-order valence-corrected chi connectivity index (χ1v) is 10.2. The Morgan fingerprint density at radius 3 is 2.61 bits per heavy atom. The Labute approximate surface area is 179 Å². The van der Waals surface area contributed by atoms with Crippen LogP contribution in [0.4, 0.5) is 17.5 Å². The van der Waals surface area contributed by atoms with Crippen molar-refractivity contribution in [2.24, 2.45) is 0 Å². The summed E-state index contributed by atoms with van der Waals surface area (Å²) < 4.78 is 11.3. The number of fused-ring (bicyclic) bond motifs is 1. The van der Waals surface area contributed by atoms with Gasteiger partial charge in [0.2, 0.25) is 0 Å². The van der Waals surface area contributed by atoms with Gasteiger partial charge in [-0.05, 0) is 24.3 Å². The quantitative estimate of drug-likeness (QED) is 0.690. The zero-order valence-electron chi connectivity index (χ0n) is 16.9. The predicted molar refractivity (Wildman–Crippen MR) is 115 cm³/mol. The Hall–Kier alpha value is -3.88. The standard InChI is InChI=1S/C22H22N6O3/c29-22(16-4-3-5-17-21(16)31-13-12-30-17)28-10-8-27(9-11-28)20-14-19(24-15-25-20)26-18-6-1-2-7-23-18/h1-7,14-15H,8-13H2,(H,23,24,25,26). The van der Waals surface area contributed by atoms with Crippen LogP contribution in [0.15, 0.2) is 55.0 Å². The third-order valence-electron chi connectivity index (χ3n) is 5.26. The SMILES string of the molecule is O=C(c1cccc2c1OCCO2)N1CCN(c2cc(Nc3ccccn3)ncn2)CC1. The number of hydrogen-bond acceptors (Lipinski definition) is 8. The van der Waals surface area contributed by atoms with E-state index in [0.29, 0.717) is 62.3 Å². The second-order valence-corrected chi connectivity index (χ2v) is 7.21. The largest absolute Gasteiger partial charge is 0.486 e. The fourth-order valence-corrected chi connectivity index (χ4v) is 3.71. The van der Waals surface area contributed by atoms with Crippen molar-refractivity contribution in [1.82, 2.24) is 19.9 Å². The van der Waals surface area contributed by atoms with Gasteiger partial charge in [-0.15, -0.1) is 0 Å². The molecule has 158 valence electrons. The van der Waals surface area contributed by atoms with Gasteiger partial charge in [-0.3, -0.25) is 4.79 Å². The lowest BCUT2D eigenvalue weighted by Gasteiger charge is -2.35. The first-order valence-electron chi connectivity index (χ1n) is 10.2. The van der Waals surface area contributed by atoms with Crippen LogP contribution in [0.5, 0.6) is 11.5 Å². The molecular formula is C22H22N6O3. The molecule has 0 atom stereocenters. The molecule has 4 heterocycles. The zero-order chi connectivity index (χ0) is 21.0. The topological polar surface area (TPSA) is 92.7 Å². The lowest BCUT2D eigenvalue weighted by molar-refractivity contribution is 0.0736. The van der Waals surface area contributed by atoms with Crippen LogP contribution < -0.4 is 19.7 Å². The number of rotatable bonds is 4. The maximum absolute atomic E-state index is 13.1. The van der Waals surface area contributed by atoms with Crippen LogP contribution in [0.25, 0.3) is 0 Å². The van der Waals surface area contributed by atoms with Gasteiger partial charge in [-0.2, -0.15) is 0 Å². The zero-order valence-corrected chi connectivity index (χ0v) is 16.9. The van der Waals surface area contributed by atoms with Gasteiger partial charge in [0, 0.05) is 38.4 Å². The molecule has 1 N–H and O–H groups in total. The van der Waals surface area contributed by atoms with Crippen LogP contribution >= 0.6 is 0 Å². The van der Waals surface area contributed by atoms with Crippen LogP contribution in [0.3, 0.4) is 0 Å². The second-order valence-electron chi connectivity index (χ2n) is 7.21. The van der Waals surface area contributed by atoms with Crippen molar-refractivity contribution in [3.05, 3.63) is 60.6 Å². The highest BCUT2D eigenvalue weighted by Crippen LogP contribution is 2.34. The van der Waals surface area contributed by atoms with Gasteiger partial charge in [0.25, 0.3) is 5.91 Å². The summed E-state index contributed by atoms with van der Waals surface area (Å²) in [6.07, 6.45) is 3.26. The summed E-state index contributed by atoms with van der Waals surface area (Å²) in [7, 11) is 0. The maximum Gasteiger partial charge on any atom is 0.257 e. The number of carbonyl (C=O) groups excluding carboxylic acids is 1. The van der Waals surface area contributed by atoms with Crippen molar-refractivity contribution in [1.29, 1.82) is 0 Å². The summed E-state index contributed by atoms with van der Waals surface area (Å²) in [6, 6.07) is 13.0. The van der Waals surface area contributed by atoms with E-state index < -0.39 is 0 Å². The molecule has 0 saturated carbocycles. The molecule has 2 aromatic heterocycles. The predicted octanol–water partition coefficient (Wildman–Crippen LogP) is 2.35. The van der Waals surface area contributed by atoms with E-state index in [4.69, 9.17) is 9.47 Å². The maximum atomic E-state index is 13.1. The highest BCUT2D eigenvalue weighted by Gasteiger charge is 2.27. The monoisotopic (exact) mass is 418 g/mol. The number of piperazine rings is 1. The number of amides is 1. The van der Waals surface area contributed by atoms with E-state index in [1.807, 2.05) is 41.3 Å². The van der Waals surface area contributed by atoms with Gasteiger partial charge in [0.05, 0.1) is 5.56 Å². The molecule has 0 radical (unpaired) electrons. The fraction of sp³-hybridized carbons (Fsp3) is 0.273. The Balaban J connectivity index is 1.25. The number of anilines is 3. The molecule has 0 bridgehead atoms. The number of pyridine rings is 1. The fourth-order valence-electron chi connectivity index (χ4n) is 3.71. The summed E-state index contributed by atoms with van der Waals surface area (Å²) in [6.45, 7) is 3.50. The molecule has 9 nitrogen and oxygen atoms in total. The molecule has 5 rings (SSSR count). The van der Waals surface area contributed by atoms with E-state index in [1.54, 1.807) is 12.3 Å². The first kappa shape index (κ1) is 19.1. The van der Waals surface area contributed by atoms with Crippen LogP contribution in [0.1, 0.15) is 10.4 Å². The minimum atomic E-state index is -0.0396. The number of carbonyl (C=O) groups is 1. The van der Waals surface area contributed by atoms with E-state index in [2.05, 4.69) is 25.2 Å². The smallest absolute Gasteiger partial charge is 0.257 e. The van der Waals surface area contributed by atoms with Gasteiger partial charge < -0.3 is 24.6 Å². The highest BCUT2D eigenvalue weighted by atomic mass is 16.6. The normalized spacial score (nSPS) is 15.5. The minimum absolute atomic E-state index is 0.0396. The molecule has 31 heavy (non-hydrogen) atoms. The van der Waals surface area contributed by atoms with Gasteiger partial charge >= 0.3 is 0 Å². The first-order chi connectivity index (χ1) is 15.3. The van der Waals surface area contributed by atoms with E-state index in [0.717, 1.165) is 11.6 Å². The highest BCUT2D eigenvalue weighted by molar-refractivity contribution is 5.98. The Kier molecular flexibility index (Phi) is 5.22. The van der Waals surface area contributed by atoms with Crippen molar-refractivity contribution >= 4 is 23.4 Å². The number of nitrogens with zero attached hydrogens (tertiary/aromatic N) is 5. The molecule has 1 aromatic carbocycles. The van der Waals surface area contributed by atoms with E-state index in [-0.39, 0.29) is 5.91 Å². The van der Waals surface area contributed by atoms with Gasteiger partial charge in [-0.1, -0.05) is 12.1 Å². The van der Waals surface area contributed by atoms with Gasteiger partial charge in [0.15, 0.2) is 11.5 Å². The number of ether oxygens (including phenoxy) is 2. The van der Waals surface area contributed by atoms with Crippen LogP contribution in [0.2, 0.25) is 0 Å². The average Bonchev–Trinajstić information content (AvgIpc) is 2.84. The summed E-state index contributed by atoms with van der Waals surface area (Å²) in [5, 5.41) is 3.18. The Morgan fingerprint density at radius 2 is 1.77 bits per heavy atom. The minimum Gasteiger partial charge on any atom is -0.486 e. The summed E-state index contributed by atoms with van der Waals surface area (Å²) in [4.78, 5) is 30.0. The molecule has 3 aromatic rings. The molecule has 0 spiro atoms. The van der Waals surface area contributed by atoms with Crippen LogP contribution in [-0.4, -0.2) is 65.2 Å². The van der Waals surface area contributed by atoms with E-state index >= 15 is 0 Å². The third-order valence-corrected chi connectivity index (χ3v) is 5.26. The third kappa shape index (κ3) is 4.07. The molecule has 2 aliphatic heterocycles. The molecule has 1 amide bonds. The van der Waals surface area contributed by atoms with Crippen molar-refractivity contribution in [3.63, 3.8) is 0 Å². The Bertz CT molecular complexity index is 1070. The molecule has 0 unspecified atom stereocenters. The molecule has 1 saturated heterocycles. The van der Waals surface area contributed by atoms with Gasteiger partial charge in [0.1, 0.15) is 37.0 Å². The van der Waals surface area contributed by atoms with Crippen molar-refractivity contribution in [2.45, 2.75) is 0 Å². The average molecular weight is 418 g/mol. The summed E-state index contributed by atoms with van der Waals surface area (Å²) >= 11 is 0. The molecular weight excluding hydrogens is 396 g/mol. The molecule has 2 aliphatic rings. The van der Waals surface area contributed by atoms with E-state index in [1.165, 1.54) is 6.33 Å². The van der Waals surface area contributed by atoms with E-state index in [9.17, 15) is 4.79 Å². The number of aromatic nitrogens is 3. The van der Waals surface area contributed by atoms with Gasteiger partial charge in [-0.25, -0.2) is 15.0 Å². The van der Waals surface area contributed by atoms with Crippen molar-refractivity contribution in [3.8, 4) is 11.5 Å². The summed E-state index contributed by atoms with van der Waals surface area (Å²) in [5.74, 6) is 3.35. The van der Waals surface area contributed by atoms with Crippen LogP contribution in [0, 0.1) is 0 Å². The molecule has 0 aliphatic carbocycles. The lowest BCUT2D eigenvalue weighted by Crippen LogP contribution is -2.49.